The number of hydrogen-bond acceptors (Lipinski definition) is 6. The predicted molar refractivity (Wildman–Crippen MR) is 82.6 cm³/mol. The highest BCUT2D eigenvalue weighted by molar-refractivity contribution is 7.90. The van der Waals surface area contributed by atoms with Crippen LogP contribution < -0.4 is 4.72 Å². The van der Waals surface area contributed by atoms with Gasteiger partial charge in [-0.05, 0) is 25.5 Å². The smallest absolute Gasteiger partial charge is 0.276 e. The van der Waals surface area contributed by atoms with Crippen LogP contribution in [0.25, 0.3) is 0 Å². The maximum absolute atomic E-state index is 12.1. The summed E-state index contributed by atoms with van der Waals surface area (Å²) in [5, 5.41) is 0.758. The Bertz CT molecular complexity index is 808. The Hall–Kier alpha value is -2.06. The predicted octanol–water partition coefficient (Wildman–Crippen LogP) is 2.03. The van der Waals surface area contributed by atoms with E-state index in [9.17, 15) is 18.0 Å². The maximum Gasteiger partial charge on any atom is 0.276 e. The highest BCUT2D eigenvalue weighted by atomic mass is 32.2. The van der Waals surface area contributed by atoms with Gasteiger partial charge in [0.25, 0.3) is 15.9 Å². The first kappa shape index (κ1) is 16.3. The molecule has 1 aromatic carbocycles. The molecular formula is C14H14N2O4S2. The lowest BCUT2D eigenvalue weighted by Gasteiger charge is -2.06. The van der Waals surface area contributed by atoms with E-state index in [0.29, 0.717) is 12.0 Å². The molecule has 0 unspecified atom stereocenters. The number of aryl methyl sites for hydroxylation is 1. The lowest BCUT2D eigenvalue weighted by atomic mass is 10.2. The van der Waals surface area contributed by atoms with E-state index in [4.69, 9.17) is 0 Å². The summed E-state index contributed by atoms with van der Waals surface area (Å²) < 4.78 is 26.3. The molecule has 2 rings (SSSR count). The third-order valence-electron chi connectivity index (χ3n) is 2.88. The molecule has 0 aliphatic rings. The molecular weight excluding hydrogens is 324 g/mol. The molecule has 0 radical (unpaired) electrons. The van der Waals surface area contributed by atoms with Gasteiger partial charge in [0, 0.05) is 5.56 Å². The van der Waals surface area contributed by atoms with Crippen LogP contribution in [0.1, 0.15) is 38.9 Å². The summed E-state index contributed by atoms with van der Waals surface area (Å²) in [6.07, 6.45) is 2.03. The van der Waals surface area contributed by atoms with Crippen LogP contribution in [0.4, 0.5) is 0 Å². The van der Waals surface area contributed by atoms with Crippen molar-refractivity contribution in [1.82, 2.24) is 9.71 Å². The minimum absolute atomic E-state index is 0.0777. The highest BCUT2D eigenvalue weighted by Crippen LogP contribution is 2.15. The zero-order valence-corrected chi connectivity index (χ0v) is 13.6. The number of benzene rings is 1. The number of ketones is 1. The minimum atomic E-state index is -3.98. The molecule has 0 aliphatic carbocycles. The van der Waals surface area contributed by atoms with Crippen molar-refractivity contribution < 1.29 is 18.0 Å². The first-order valence-corrected chi connectivity index (χ1v) is 8.76. The number of carbonyl (C=O) groups excluding carboxylic acids is 2. The molecule has 1 amide bonds. The second-order valence-electron chi connectivity index (χ2n) is 4.49. The molecule has 0 aliphatic heterocycles. The largest absolute Gasteiger partial charge is 0.295 e. The van der Waals surface area contributed by atoms with Gasteiger partial charge in [0.05, 0.1) is 16.1 Å². The standard InChI is InChI=1S/C14H14N2O4S2/c1-3-13-15-8-12(21-13)14(18)16-22(19,20)11-6-4-10(5-7-11)9(2)17/h4-8H,3H2,1-2H3,(H,16,18). The maximum atomic E-state index is 12.1. The van der Waals surface area contributed by atoms with Gasteiger partial charge in [-0.25, -0.2) is 18.1 Å². The van der Waals surface area contributed by atoms with Crippen LogP contribution in [0.2, 0.25) is 0 Å². The summed E-state index contributed by atoms with van der Waals surface area (Å²) in [5.41, 5.74) is 0.403. The van der Waals surface area contributed by atoms with Crippen molar-refractivity contribution >= 4 is 33.1 Å². The zero-order chi connectivity index (χ0) is 16.3. The molecule has 2 aromatic rings. The second kappa shape index (κ2) is 6.37. The van der Waals surface area contributed by atoms with Crippen LogP contribution >= 0.6 is 11.3 Å². The van der Waals surface area contributed by atoms with Crippen molar-refractivity contribution in [2.24, 2.45) is 0 Å². The topological polar surface area (TPSA) is 93.2 Å². The molecule has 1 aromatic heterocycles. The van der Waals surface area contributed by atoms with Crippen LogP contribution in [-0.4, -0.2) is 25.1 Å². The van der Waals surface area contributed by atoms with Crippen molar-refractivity contribution in [1.29, 1.82) is 0 Å². The quantitative estimate of drug-likeness (QED) is 0.842. The van der Waals surface area contributed by atoms with Crippen LogP contribution in [0.15, 0.2) is 35.4 Å². The van der Waals surface area contributed by atoms with E-state index in [-0.39, 0.29) is 15.6 Å². The van der Waals surface area contributed by atoms with Crippen LogP contribution in [0, 0.1) is 0 Å². The molecule has 0 fully saturated rings. The number of amides is 1. The fourth-order valence-electron chi connectivity index (χ4n) is 1.68. The molecule has 0 saturated carbocycles. The van der Waals surface area contributed by atoms with E-state index in [1.165, 1.54) is 37.4 Å². The summed E-state index contributed by atoms with van der Waals surface area (Å²) in [4.78, 5) is 27.3. The number of nitrogens with one attached hydrogen (secondary N) is 1. The number of thiazole rings is 1. The Labute approximate surface area is 132 Å². The van der Waals surface area contributed by atoms with Gasteiger partial charge in [-0.15, -0.1) is 11.3 Å². The van der Waals surface area contributed by atoms with Gasteiger partial charge in [0.2, 0.25) is 0 Å². The van der Waals surface area contributed by atoms with E-state index in [1.807, 2.05) is 11.6 Å². The van der Waals surface area contributed by atoms with Gasteiger partial charge in [-0.3, -0.25) is 9.59 Å². The molecule has 0 saturated heterocycles. The Morgan fingerprint density at radius 3 is 2.36 bits per heavy atom. The van der Waals surface area contributed by atoms with Crippen molar-refractivity contribution in [2.75, 3.05) is 0 Å². The Morgan fingerprint density at radius 1 is 1.23 bits per heavy atom. The van der Waals surface area contributed by atoms with Gasteiger partial charge < -0.3 is 0 Å². The second-order valence-corrected chi connectivity index (χ2v) is 7.28. The van der Waals surface area contributed by atoms with Gasteiger partial charge in [-0.1, -0.05) is 19.1 Å². The third-order valence-corrected chi connectivity index (χ3v) is 5.37. The first-order valence-electron chi connectivity index (χ1n) is 6.46. The number of nitrogens with zero attached hydrogens (tertiary/aromatic N) is 1. The average molecular weight is 338 g/mol. The summed E-state index contributed by atoms with van der Waals surface area (Å²) in [5.74, 6) is -0.877. The zero-order valence-electron chi connectivity index (χ0n) is 12.0. The molecule has 22 heavy (non-hydrogen) atoms. The van der Waals surface area contributed by atoms with E-state index in [2.05, 4.69) is 4.98 Å². The van der Waals surface area contributed by atoms with Gasteiger partial charge in [0.15, 0.2) is 5.78 Å². The molecule has 1 heterocycles. The molecule has 8 heteroatoms. The number of carbonyl (C=O) groups is 2. The summed E-state index contributed by atoms with van der Waals surface area (Å²) in [6, 6.07) is 5.39. The minimum Gasteiger partial charge on any atom is -0.295 e. The van der Waals surface area contributed by atoms with E-state index in [1.54, 1.807) is 0 Å². The fourth-order valence-corrected chi connectivity index (χ4v) is 3.46. The van der Waals surface area contributed by atoms with Crippen molar-refractivity contribution in [3.8, 4) is 0 Å². The Morgan fingerprint density at radius 2 is 1.86 bits per heavy atom. The third kappa shape index (κ3) is 3.58. The van der Waals surface area contributed by atoms with Crippen molar-refractivity contribution in [3.05, 3.63) is 45.9 Å². The summed E-state index contributed by atoms with van der Waals surface area (Å²) in [6.45, 7) is 3.29. The van der Waals surface area contributed by atoms with Crippen LogP contribution in [0.5, 0.6) is 0 Å². The number of aromatic nitrogens is 1. The van der Waals surface area contributed by atoms with E-state index >= 15 is 0 Å². The Balaban J connectivity index is 2.19. The molecule has 0 atom stereocenters. The van der Waals surface area contributed by atoms with Crippen LogP contribution in [0.3, 0.4) is 0 Å². The fraction of sp³-hybridized carbons (Fsp3) is 0.214. The normalized spacial score (nSPS) is 11.2. The molecule has 116 valence electrons. The Kier molecular flexibility index (Phi) is 4.72. The van der Waals surface area contributed by atoms with E-state index < -0.39 is 15.9 Å². The van der Waals surface area contributed by atoms with E-state index in [0.717, 1.165) is 16.3 Å². The van der Waals surface area contributed by atoms with Gasteiger partial charge in [-0.2, -0.15) is 0 Å². The average Bonchev–Trinajstić information content (AvgIpc) is 2.96. The molecule has 0 spiro atoms. The van der Waals surface area contributed by atoms with Crippen LogP contribution in [-0.2, 0) is 16.4 Å². The van der Waals surface area contributed by atoms with Crippen molar-refractivity contribution in [2.45, 2.75) is 25.2 Å². The highest BCUT2D eigenvalue weighted by Gasteiger charge is 2.20. The van der Waals surface area contributed by atoms with Gasteiger partial charge >= 0.3 is 0 Å². The van der Waals surface area contributed by atoms with Gasteiger partial charge in [0.1, 0.15) is 4.88 Å². The summed E-state index contributed by atoms with van der Waals surface area (Å²) in [7, 11) is -3.98. The number of rotatable bonds is 5. The monoisotopic (exact) mass is 338 g/mol. The number of hydrogen-bond donors (Lipinski definition) is 1. The molecule has 1 N–H and O–H groups in total. The van der Waals surface area contributed by atoms with Crippen molar-refractivity contribution in [3.63, 3.8) is 0 Å². The first-order chi connectivity index (χ1) is 10.3. The lowest BCUT2D eigenvalue weighted by molar-refractivity contribution is 0.0982. The number of Topliss-reactive ketones (excluding diaryl/α,β-unsaturated/α-hetero) is 1. The number of sulfonamides is 1. The molecule has 6 nitrogen and oxygen atoms in total. The molecule has 0 bridgehead atoms. The summed E-state index contributed by atoms with van der Waals surface area (Å²) >= 11 is 1.15. The lowest BCUT2D eigenvalue weighted by Crippen LogP contribution is -2.30. The SMILES string of the molecule is CCc1ncc(C(=O)NS(=O)(=O)c2ccc(C(C)=O)cc2)s1.